The normalized spacial score (nSPS) is 16.3. The van der Waals surface area contributed by atoms with E-state index >= 15 is 0 Å². The van der Waals surface area contributed by atoms with Crippen LogP contribution in [0.4, 0.5) is 5.82 Å². The number of esters is 1. The lowest BCUT2D eigenvalue weighted by Gasteiger charge is -2.35. The summed E-state index contributed by atoms with van der Waals surface area (Å²) in [5, 5.41) is 0.493. The summed E-state index contributed by atoms with van der Waals surface area (Å²) in [5.74, 6) is 0.842. The molecule has 0 N–H and O–H groups in total. The molecule has 0 bridgehead atoms. The third-order valence-corrected chi connectivity index (χ3v) is 6.73. The maximum absolute atomic E-state index is 13.0. The summed E-state index contributed by atoms with van der Waals surface area (Å²) in [5.41, 5.74) is 0.716. The lowest BCUT2D eigenvalue weighted by atomic mass is 10.1. The Morgan fingerprint density at radius 1 is 0.943 bits per heavy atom. The maximum Gasteiger partial charge on any atom is 0.338 e. The van der Waals surface area contributed by atoms with Crippen LogP contribution in [-0.4, -0.2) is 64.1 Å². The van der Waals surface area contributed by atoms with Crippen molar-refractivity contribution in [2.45, 2.75) is 38.6 Å². The quantitative estimate of drug-likeness (QED) is 0.535. The molecule has 0 unspecified atom stereocenters. The van der Waals surface area contributed by atoms with Crippen LogP contribution in [0.25, 0.3) is 10.9 Å². The van der Waals surface area contributed by atoms with Crippen molar-refractivity contribution in [3.63, 3.8) is 0 Å². The first kappa shape index (κ1) is 23.0. The van der Waals surface area contributed by atoms with Gasteiger partial charge in [0.25, 0.3) is 11.5 Å². The van der Waals surface area contributed by atoms with Crippen LogP contribution < -0.4 is 10.5 Å². The number of amides is 1. The van der Waals surface area contributed by atoms with Crippen LogP contribution in [0, 0.1) is 0 Å². The number of carbonyl (C=O) groups is 2. The summed E-state index contributed by atoms with van der Waals surface area (Å²) in [4.78, 5) is 51.1. The molecule has 35 heavy (non-hydrogen) atoms. The van der Waals surface area contributed by atoms with Gasteiger partial charge in [-0.3, -0.25) is 14.2 Å². The lowest BCUT2D eigenvalue weighted by Crippen LogP contribution is -2.50. The van der Waals surface area contributed by atoms with Gasteiger partial charge in [0.1, 0.15) is 11.6 Å². The Morgan fingerprint density at radius 3 is 2.57 bits per heavy atom. The Morgan fingerprint density at radius 2 is 1.77 bits per heavy atom. The fraction of sp³-hybridized carbons (Fsp3) is 0.423. The number of aromatic nitrogens is 3. The molecular formula is C26H29N5O4. The van der Waals surface area contributed by atoms with Crippen LogP contribution in [0.2, 0.25) is 0 Å². The highest BCUT2D eigenvalue weighted by Gasteiger charge is 2.23. The third kappa shape index (κ3) is 5.03. The number of rotatable bonds is 4. The Kier molecular flexibility index (Phi) is 6.74. The predicted molar refractivity (Wildman–Crippen MR) is 131 cm³/mol. The van der Waals surface area contributed by atoms with Gasteiger partial charge >= 0.3 is 5.97 Å². The van der Waals surface area contributed by atoms with Gasteiger partial charge in [-0.1, -0.05) is 18.9 Å². The van der Waals surface area contributed by atoms with Crippen molar-refractivity contribution in [2.24, 2.45) is 0 Å². The van der Waals surface area contributed by atoms with Crippen molar-refractivity contribution in [1.82, 2.24) is 19.4 Å². The predicted octanol–water partition coefficient (Wildman–Crippen LogP) is 2.41. The summed E-state index contributed by atoms with van der Waals surface area (Å²) >= 11 is 0. The molecule has 3 aromatic rings. The van der Waals surface area contributed by atoms with Crippen LogP contribution in [0.15, 0.2) is 47.4 Å². The molecule has 1 amide bonds. The van der Waals surface area contributed by atoms with E-state index in [9.17, 15) is 14.4 Å². The largest absolute Gasteiger partial charge is 0.452 e. The average molecular weight is 476 g/mol. The fourth-order valence-corrected chi connectivity index (χ4v) is 4.75. The number of fused-ring (bicyclic) bond motifs is 2. The average Bonchev–Trinajstić information content (AvgIpc) is 2.88. The molecule has 1 fully saturated rings. The molecule has 1 aromatic carbocycles. The van der Waals surface area contributed by atoms with Crippen molar-refractivity contribution < 1.29 is 14.3 Å². The van der Waals surface area contributed by atoms with Crippen molar-refractivity contribution in [3.8, 4) is 0 Å². The van der Waals surface area contributed by atoms with Crippen LogP contribution in [0.1, 0.15) is 41.9 Å². The molecular weight excluding hydrogens is 446 g/mol. The number of ether oxygens (including phenoxy) is 1. The van der Waals surface area contributed by atoms with Gasteiger partial charge in [0, 0.05) is 45.3 Å². The van der Waals surface area contributed by atoms with Crippen molar-refractivity contribution in [1.29, 1.82) is 0 Å². The van der Waals surface area contributed by atoms with Gasteiger partial charge in [-0.15, -0.1) is 0 Å². The zero-order valence-electron chi connectivity index (χ0n) is 19.7. The van der Waals surface area contributed by atoms with Gasteiger partial charge in [-0.05, 0) is 43.2 Å². The summed E-state index contributed by atoms with van der Waals surface area (Å²) in [6.07, 6.45) is 6.72. The molecule has 9 heteroatoms. The summed E-state index contributed by atoms with van der Waals surface area (Å²) in [6.45, 7) is 2.80. The van der Waals surface area contributed by atoms with E-state index in [-0.39, 0.29) is 23.6 Å². The van der Waals surface area contributed by atoms with E-state index < -0.39 is 5.97 Å². The molecule has 0 atom stereocenters. The number of carbonyl (C=O) groups excluding carboxylic acids is 2. The van der Waals surface area contributed by atoms with Crippen molar-refractivity contribution in [3.05, 3.63) is 64.3 Å². The molecule has 4 heterocycles. The van der Waals surface area contributed by atoms with Gasteiger partial charge < -0.3 is 14.5 Å². The molecule has 2 aliphatic rings. The highest BCUT2D eigenvalue weighted by atomic mass is 16.5. The second-order valence-corrected chi connectivity index (χ2v) is 9.01. The van der Waals surface area contributed by atoms with Crippen molar-refractivity contribution in [2.75, 3.05) is 37.7 Å². The SMILES string of the molecule is O=C(OCC(=O)N1CCN(c2ccccn2)CC1)c1ccc2c(=O)n3c(nc2c1)CCCCCC3. The fourth-order valence-electron chi connectivity index (χ4n) is 4.75. The Hall–Kier alpha value is -3.75. The molecule has 0 radical (unpaired) electrons. The Balaban J connectivity index is 1.21. The number of piperazine rings is 1. The topological polar surface area (TPSA) is 97.6 Å². The standard InChI is InChI=1S/C26H29N5O4/c32-24(30-15-13-29(14-16-30)22-7-4-5-11-27-22)18-35-26(34)19-9-10-20-21(17-19)28-23-8-3-1-2-6-12-31(23)25(20)33/h4-5,7,9-11,17H,1-3,6,8,12-16,18H2. The first-order chi connectivity index (χ1) is 17.1. The van der Waals surface area contributed by atoms with Crippen molar-refractivity contribution >= 4 is 28.6 Å². The number of nitrogens with zero attached hydrogens (tertiary/aromatic N) is 5. The third-order valence-electron chi connectivity index (χ3n) is 6.73. The second kappa shape index (κ2) is 10.2. The number of aryl methyl sites for hydroxylation is 1. The summed E-state index contributed by atoms with van der Waals surface area (Å²) in [7, 11) is 0. The van der Waals surface area contributed by atoms with E-state index in [4.69, 9.17) is 9.72 Å². The minimum absolute atomic E-state index is 0.0631. The highest BCUT2D eigenvalue weighted by Crippen LogP contribution is 2.17. The van der Waals surface area contributed by atoms with Gasteiger partial charge in [0.2, 0.25) is 0 Å². The molecule has 182 valence electrons. The number of anilines is 1. The maximum atomic E-state index is 13.0. The molecule has 5 rings (SSSR count). The minimum Gasteiger partial charge on any atom is -0.452 e. The Labute approximate surface area is 203 Å². The molecule has 9 nitrogen and oxygen atoms in total. The monoisotopic (exact) mass is 475 g/mol. The van der Waals surface area contributed by atoms with E-state index in [1.807, 2.05) is 18.2 Å². The second-order valence-electron chi connectivity index (χ2n) is 9.01. The Bertz CT molecular complexity index is 1280. The number of hydrogen-bond acceptors (Lipinski definition) is 7. The van der Waals surface area contributed by atoms with Gasteiger partial charge in [-0.2, -0.15) is 0 Å². The molecule has 2 aromatic heterocycles. The highest BCUT2D eigenvalue weighted by molar-refractivity contribution is 5.95. The first-order valence-corrected chi connectivity index (χ1v) is 12.2. The minimum atomic E-state index is -0.596. The molecule has 1 saturated heterocycles. The smallest absolute Gasteiger partial charge is 0.338 e. The number of hydrogen-bond donors (Lipinski definition) is 0. The van der Waals surface area contributed by atoms with E-state index in [2.05, 4.69) is 9.88 Å². The molecule has 2 aliphatic heterocycles. The van der Waals surface area contributed by atoms with E-state index in [1.165, 1.54) is 0 Å². The van der Waals surface area contributed by atoms with Crippen LogP contribution in [0.3, 0.4) is 0 Å². The lowest BCUT2D eigenvalue weighted by molar-refractivity contribution is -0.134. The van der Waals surface area contributed by atoms with E-state index in [0.29, 0.717) is 43.6 Å². The van der Waals surface area contributed by atoms with Crippen LogP contribution in [-0.2, 0) is 22.5 Å². The van der Waals surface area contributed by atoms with E-state index in [0.717, 1.165) is 43.7 Å². The zero-order valence-corrected chi connectivity index (χ0v) is 19.7. The zero-order chi connectivity index (χ0) is 24.2. The molecule has 0 saturated carbocycles. The van der Waals surface area contributed by atoms with Crippen LogP contribution >= 0.6 is 0 Å². The van der Waals surface area contributed by atoms with Crippen LogP contribution in [0.5, 0.6) is 0 Å². The number of benzene rings is 1. The number of pyridine rings is 1. The van der Waals surface area contributed by atoms with Gasteiger partial charge in [0.05, 0.1) is 16.5 Å². The molecule has 0 spiro atoms. The first-order valence-electron chi connectivity index (χ1n) is 12.2. The summed E-state index contributed by atoms with van der Waals surface area (Å²) in [6, 6.07) is 10.6. The van der Waals surface area contributed by atoms with Gasteiger partial charge in [0.15, 0.2) is 6.61 Å². The summed E-state index contributed by atoms with van der Waals surface area (Å²) < 4.78 is 7.09. The molecule has 0 aliphatic carbocycles. The van der Waals surface area contributed by atoms with Gasteiger partial charge in [-0.25, -0.2) is 14.8 Å². The van der Waals surface area contributed by atoms with E-state index in [1.54, 1.807) is 33.9 Å².